The van der Waals surface area contributed by atoms with Crippen molar-refractivity contribution in [3.63, 3.8) is 0 Å². The Morgan fingerprint density at radius 2 is 1.43 bits per heavy atom. The smallest absolute Gasteiger partial charge is 0.335 e. The van der Waals surface area contributed by atoms with Gasteiger partial charge >= 0.3 is 5.97 Å². The summed E-state index contributed by atoms with van der Waals surface area (Å²) in [5.41, 5.74) is 3.08. The van der Waals surface area contributed by atoms with Crippen LogP contribution >= 0.6 is 0 Å². The molecule has 0 aliphatic carbocycles. The number of aryl methyl sites for hydroxylation is 1. The van der Waals surface area contributed by atoms with E-state index in [1.54, 1.807) is 29.2 Å². The summed E-state index contributed by atoms with van der Waals surface area (Å²) < 4.78 is 0. The van der Waals surface area contributed by atoms with Crippen molar-refractivity contribution in [2.45, 2.75) is 18.9 Å². The average Bonchev–Trinajstić information content (AvgIpc) is 3.04. The van der Waals surface area contributed by atoms with Crippen LogP contribution < -0.4 is 4.90 Å². The van der Waals surface area contributed by atoms with Crippen LogP contribution in [0.1, 0.15) is 33.9 Å². The van der Waals surface area contributed by atoms with Gasteiger partial charge in [-0.1, -0.05) is 66.7 Å². The third-order valence-electron chi connectivity index (χ3n) is 5.37. The van der Waals surface area contributed by atoms with Gasteiger partial charge in [0.25, 0.3) is 5.91 Å². The average molecular weight is 399 g/mol. The van der Waals surface area contributed by atoms with E-state index in [-0.39, 0.29) is 11.3 Å². The van der Waals surface area contributed by atoms with E-state index < -0.39 is 17.9 Å². The molecule has 1 atom stereocenters. The number of hydrogen-bond acceptors (Lipinski definition) is 3. The fourth-order valence-electron chi connectivity index (χ4n) is 3.97. The van der Waals surface area contributed by atoms with Gasteiger partial charge in [-0.05, 0) is 42.2 Å². The molecule has 2 N–H and O–H groups in total. The van der Waals surface area contributed by atoms with Gasteiger partial charge in [-0.15, -0.1) is 0 Å². The number of carbonyl (C=O) groups is 2. The highest BCUT2D eigenvalue weighted by Crippen LogP contribution is 2.42. The van der Waals surface area contributed by atoms with Crippen molar-refractivity contribution < 1.29 is 19.8 Å². The molecule has 150 valence electrons. The van der Waals surface area contributed by atoms with Gasteiger partial charge in [0.2, 0.25) is 0 Å². The van der Waals surface area contributed by atoms with Crippen molar-refractivity contribution in [2.24, 2.45) is 0 Å². The van der Waals surface area contributed by atoms with Gasteiger partial charge in [0, 0.05) is 11.3 Å². The predicted octanol–water partition coefficient (Wildman–Crippen LogP) is 4.92. The molecule has 5 nitrogen and oxygen atoms in total. The van der Waals surface area contributed by atoms with Crippen LogP contribution in [0.5, 0.6) is 0 Å². The second-order valence-electron chi connectivity index (χ2n) is 7.16. The Labute approximate surface area is 174 Å². The fraction of sp³-hybridized carbons (Fsp3) is 0.120. The molecule has 0 bridgehead atoms. The van der Waals surface area contributed by atoms with Gasteiger partial charge < -0.3 is 10.2 Å². The standard InChI is InChI=1S/C25H21NO4/c27-23-21(16-15-17-9-7-8-14-20(17)25(29)30)22(18-10-3-1-4-11-18)26(24(23)28)19-12-5-2-6-13-19/h1-14,22,27H,15-16H2,(H,29,30). The Bertz CT molecular complexity index is 1110. The summed E-state index contributed by atoms with van der Waals surface area (Å²) in [4.78, 5) is 26.1. The number of amides is 1. The minimum Gasteiger partial charge on any atom is -0.503 e. The van der Waals surface area contributed by atoms with Crippen molar-refractivity contribution in [2.75, 3.05) is 4.90 Å². The molecule has 0 saturated heterocycles. The topological polar surface area (TPSA) is 77.8 Å². The second kappa shape index (κ2) is 8.25. The number of carbonyl (C=O) groups excluding carboxylic acids is 1. The maximum Gasteiger partial charge on any atom is 0.335 e. The summed E-state index contributed by atoms with van der Waals surface area (Å²) in [5, 5.41) is 20.2. The zero-order chi connectivity index (χ0) is 21.1. The van der Waals surface area contributed by atoms with E-state index in [0.29, 0.717) is 29.7 Å². The largest absolute Gasteiger partial charge is 0.503 e. The van der Waals surface area contributed by atoms with Gasteiger partial charge in [0.05, 0.1) is 11.6 Å². The van der Waals surface area contributed by atoms with Gasteiger partial charge in [0.1, 0.15) is 0 Å². The molecule has 0 fully saturated rings. The zero-order valence-electron chi connectivity index (χ0n) is 16.2. The maximum absolute atomic E-state index is 13.0. The molecule has 0 saturated carbocycles. The Hall–Kier alpha value is -3.86. The molecule has 5 heteroatoms. The summed E-state index contributed by atoms with van der Waals surface area (Å²) >= 11 is 0. The van der Waals surface area contributed by atoms with Gasteiger partial charge in [-0.25, -0.2) is 4.79 Å². The molecule has 3 aromatic carbocycles. The molecule has 0 radical (unpaired) electrons. The normalized spacial score (nSPS) is 16.2. The number of aliphatic hydroxyl groups excluding tert-OH is 1. The quantitative estimate of drug-likeness (QED) is 0.617. The summed E-state index contributed by atoms with van der Waals surface area (Å²) in [6.07, 6.45) is 0.770. The predicted molar refractivity (Wildman–Crippen MR) is 114 cm³/mol. The van der Waals surface area contributed by atoms with Crippen LogP contribution in [0.3, 0.4) is 0 Å². The lowest BCUT2D eigenvalue weighted by molar-refractivity contribution is -0.117. The van der Waals surface area contributed by atoms with E-state index in [9.17, 15) is 19.8 Å². The van der Waals surface area contributed by atoms with Gasteiger partial charge in [-0.3, -0.25) is 9.69 Å². The first kappa shape index (κ1) is 19.5. The SMILES string of the molecule is O=C(O)c1ccccc1CCC1=C(O)C(=O)N(c2ccccc2)C1c1ccccc1. The molecule has 3 aromatic rings. The molecule has 30 heavy (non-hydrogen) atoms. The minimum atomic E-state index is -0.989. The molecular formula is C25H21NO4. The Balaban J connectivity index is 1.72. The van der Waals surface area contributed by atoms with Crippen molar-refractivity contribution in [1.82, 2.24) is 0 Å². The first-order valence-electron chi connectivity index (χ1n) is 9.74. The van der Waals surface area contributed by atoms with E-state index in [2.05, 4.69) is 0 Å². The van der Waals surface area contributed by atoms with Crippen LogP contribution in [0, 0.1) is 0 Å². The van der Waals surface area contributed by atoms with E-state index in [0.717, 1.165) is 5.56 Å². The molecule has 4 rings (SSSR count). The van der Waals surface area contributed by atoms with Crippen LogP contribution in [-0.4, -0.2) is 22.1 Å². The molecule has 1 aliphatic heterocycles. The van der Waals surface area contributed by atoms with Crippen LogP contribution in [-0.2, 0) is 11.2 Å². The first-order chi connectivity index (χ1) is 14.6. The van der Waals surface area contributed by atoms with E-state index in [4.69, 9.17) is 0 Å². The number of aromatic carboxylic acids is 1. The van der Waals surface area contributed by atoms with Crippen molar-refractivity contribution in [3.05, 3.63) is 113 Å². The first-order valence-corrected chi connectivity index (χ1v) is 9.74. The van der Waals surface area contributed by atoms with Crippen molar-refractivity contribution in [1.29, 1.82) is 0 Å². The van der Waals surface area contributed by atoms with Crippen molar-refractivity contribution >= 4 is 17.6 Å². The monoisotopic (exact) mass is 399 g/mol. The summed E-state index contributed by atoms with van der Waals surface area (Å²) in [6, 6.07) is 25.2. The summed E-state index contributed by atoms with van der Waals surface area (Å²) in [5.74, 6) is -1.70. The van der Waals surface area contributed by atoms with Crippen LogP contribution in [0.2, 0.25) is 0 Å². The number of rotatable bonds is 6. The maximum atomic E-state index is 13.0. The molecule has 1 unspecified atom stereocenters. The van der Waals surface area contributed by atoms with Crippen LogP contribution in [0.15, 0.2) is 96.3 Å². The van der Waals surface area contributed by atoms with E-state index in [1.165, 1.54) is 0 Å². The molecule has 0 spiro atoms. The third-order valence-corrected chi connectivity index (χ3v) is 5.37. The number of aliphatic hydroxyl groups is 1. The molecule has 1 amide bonds. The molecule has 1 aliphatic rings. The van der Waals surface area contributed by atoms with Crippen LogP contribution in [0.4, 0.5) is 5.69 Å². The summed E-state index contributed by atoms with van der Waals surface area (Å²) in [7, 11) is 0. The Morgan fingerprint density at radius 1 is 0.833 bits per heavy atom. The number of carboxylic acids is 1. The lowest BCUT2D eigenvalue weighted by Crippen LogP contribution is -2.30. The Kier molecular flexibility index (Phi) is 5.35. The lowest BCUT2D eigenvalue weighted by atomic mass is 9.92. The molecular weight excluding hydrogens is 378 g/mol. The number of hydrogen-bond donors (Lipinski definition) is 2. The minimum absolute atomic E-state index is 0.234. The number of para-hydroxylation sites is 1. The number of anilines is 1. The highest BCUT2D eigenvalue weighted by molar-refractivity contribution is 6.08. The number of nitrogens with zero attached hydrogens (tertiary/aromatic N) is 1. The van der Waals surface area contributed by atoms with Gasteiger partial charge in [-0.2, -0.15) is 0 Å². The Morgan fingerprint density at radius 3 is 2.10 bits per heavy atom. The fourth-order valence-corrected chi connectivity index (χ4v) is 3.97. The third kappa shape index (κ3) is 3.57. The number of carboxylic acid groups (broad SMARTS) is 1. The summed E-state index contributed by atoms with van der Waals surface area (Å²) in [6.45, 7) is 0. The molecule has 1 heterocycles. The second-order valence-corrected chi connectivity index (χ2v) is 7.16. The highest BCUT2D eigenvalue weighted by atomic mass is 16.4. The van der Waals surface area contributed by atoms with E-state index in [1.807, 2.05) is 60.7 Å². The molecule has 0 aromatic heterocycles. The zero-order valence-corrected chi connectivity index (χ0v) is 16.2. The number of benzene rings is 3. The van der Waals surface area contributed by atoms with E-state index >= 15 is 0 Å². The highest BCUT2D eigenvalue weighted by Gasteiger charge is 2.40. The van der Waals surface area contributed by atoms with Crippen LogP contribution in [0.25, 0.3) is 0 Å². The van der Waals surface area contributed by atoms with Crippen molar-refractivity contribution in [3.8, 4) is 0 Å². The lowest BCUT2D eigenvalue weighted by Gasteiger charge is -2.27. The van der Waals surface area contributed by atoms with Gasteiger partial charge in [0.15, 0.2) is 5.76 Å².